The maximum absolute atomic E-state index is 12.4. The Bertz CT molecular complexity index is 924. The van der Waals surface area contributed by atoms with Crippen molar-refractivity contribution >= 4 is 24.7 Å². The van der Waals surface area contributed by atoms with E-state index in [4.69, 9.17) is 14.0 Å². The van der Waals surface area contributed by atoms with Gasteiger partial charge in [-0.05, 0) is 23.4 Å². The van der Waals surface area contributed by atoms with Crippen molar-refractivity contribution in [1.29, 1.82) is 0 Å². The Labute approximate surface area is 173 Å². The van der Waals surface area contributed by atoms with Crippen molar-refractivity contribution in [3.63, 3.8) is 0 Å². The summed E-state index contributed by atoms with van der Waals surface area (Å²) >= 11 is 0. The third-order valence-corrected chi connectivity index (χ3v) is 5.34. The summed E-state index contributed by atoms with van der Waals surface area (Å²) in [5, 5.41) is 21.0. The van der Waals surface area contributed by atoms with Crippen molar-refractivity contribution in [3.8, 4) is 0 Å². The molecule has 0 unspecified atom stereocenters. The smallest absolute Gasteiger partial charge is 0.455 e. The third kappa shape index (κ3) is 5.09. The quantitative estimate of drug-likeness (QED) is 0.367. The first-order valence-electron chi connectivity index (χ1n) is 9.54. The molecule has 30 heavy (non-hydrogen) atoms. The molecule has 1 fully saturated rings. The van der Waals surface area contributed by atoms with Crippen LogP contribution in [-0.2, 0) is 23.4 Å². The molecule has 0 radical (unpaired) electrons. The number of aliphatic hydroxyl groups is 2. The minimum atomic E-state index is -5.07. The van der Waals surface area contributed by atoms with E-state index in [2.05, 4.69) is 0 Å². The van der Waals surface area contributed by atoms with E-state index in [1.165, 1.54) is 0 Å². The first-order chi connectivity index (χ1) is 14.1. The number of rotatable bonds is 7. The fraction of sp³-hybridized carbons (Fsp3) is 0.526. The van der Waals surface area contributed by atoms with Gasteiger partial charge in [0.25, 0.3) is 0 Å². The molecule has 2 aromatic rings. The van der Waals surface area contributed by atoms with Crippen LogP contribution in [-0.4, -0.2) is 61.6 Å². The number of phosphoric ester groups is 1. The van der Waals surface area contributed by atoms with E-state index in [9.17, 15) is 29.4 Å². The molecule has 1 aromatic heterocycles. The summed E-state index contributed by atoms with van der Waals surface area (Å²) in [6.07, 6.45) is -5.24. The van der Waals surface area contributed by atoms with Crippen LogP contribution in [0.1, 0.15) is 26.5 Å². The number of esters is 1. The van der Waals surface area contributed by atoms with E-state index in [1.54, 1.807) is 29.0 Å². The van der Waals surface area contributed by atoms with Crippen LogP contribution < -0.4 is 0 Å². The van der Waals surface area contributed by atoms with Crippen molar-refractivity contribution in [2.45, 2.75) is 50.9 Å². The van der Waals surface area contributed by atoms with Crippen molar-refractivity contribution in [1.82, 2.24) is 4.57 Å². The molecule has 1 saturated heterocycles. The zero-order valence-corrected chi connectivity index (χ0v) is 17.5. The molecule has 0 aliphatic carbocycles. The Balaban J connectivity index is 2.05. The van der Waals surface area contributed by atoms with Crippen LogP contribution in [0, 0.1) is 5.92 Å². The molecule has 10 nitrogen and oxygen atoms in total. The summed E-state index contributed by atoms with van der Waals surface area (Å²) in [6.45, 7) is 3.00. The zero-order valence-electron chi connectivity index (χ0n) is 16.6. The van der Waals surface area contributed by atoms with E-state index in [0.29, 0.717) is 5.52 Å². The fourth-order valence-corrected chi connectivity index (χ4v) is 4.11. The summed E-state index contributed by atoms with van der Waals surface area (Å²) in [7, 11) is -5.07. The molecule has 0 bridgehead atoms. The number of phosphoric acid groups is 1. The van der Waals surface area contributed by atoms with E-state index < -0.39 is 51.0 Å². The van der Waals surface area contributed by atoms with Gasteiger partial charge in [0.2, 0.25) is 0 Å². The maximum atomic E-state index is 12.4. The van der Waals surface area contributed by atoms with Gasteiger partial charge in [-0.2, -0.15) is 0 Å². The van der Waals surface area contributed by atoms with Gasteiger partial charge in [0.1, 0.15) is 18.3 Å². The van der Waals surface area contributed by atoms with Crippen molar-refractivity contribution in [2.75, 3.05) is 6.61 Å². The molecule has 0 spiro atoms. The predicted molar refractivity (Wildman–Crippen MR) is 105 cm³/mol. The molecular weight excluding hydrogens is 417 g/mol. The Morgan fingerprint density at radius 3 is 2.57 bits per heavy atom. The van der Waals surface area contributed by atoms with Gasteiger partial charge in [0.15, 0.2) is 12.3 Å². The number of ether oxygens (including phenoxy) is 2. The summed E-state index contributed by atoms with van der Waals surface area (Å²) in [4.78, 5) is 31.1. The van der Waals surface area contributed by atoms with Gasteiger partial charge in [-0.1, -0.05) is 32.0 Å². The molecule has 3 rings (SSSR count). The Morgan fingerprint density at radius 1 is 1.23 bits per heavy atom. The minimum Gasteiger partial charge on any atom is -0.455 e. The Morgan fingerprint density at radius 2 is 1.93 bits per heavy atom. The lowest BCUT2D eigenvalue weighted by Crippen LogP contribution is -2.58. The Kier molecular flexibility index (Phi) is 6.98. The molecule has 0 amide bonds. The lowest BCUT2D eigenvalue weighted by Gasteiger charge is -2.44. The Hall–Kier alpha value is -1.78. The van der Waals surface area contributed by atoms with Crippen LogP contribution in [0.25, 0.3) is 10.9 Å². The number of hydrogen-bond donors (Lipinski definition) is 4. The molecule has 1 aromatic carbocycles. The van der Waals surface area contributed by atoms with Gasteiger partial charge >= 0.3 is 13.8 Å². The van der Waals surface area contributed by atoms with Gasteiger partial charge in [0.05, 0.1) is 12.1 Å². The van der Waals surface area contributed by atoms with Crippen LogP contribution in [0.15, 0.2) is 36.5 Å². The van der Waals surface area contributed by atoms with Crippen molar-refractivity contribution in [3.05, 3.63) is 36.5 Å². The predicted octanol–water partition coefficient (Wildman–Crippen LogP) is 1.33. The molecule has 166 valence electrons. The number of nitrogens with zero attached hydrogens (tertiary/aromatic N) is 1. The largest absolute Gasteiger partial charge is 0.470 e. The van der Waals surface area contributed by atoms with E-state index in [1.807, 2.05) is 26.0 Å². The van der Waals surface area contributed by atoms with Gasteiger partial charge in [-0.25, -0.2) is 4.57 Å². The second kappa shape index (κ2) is 9.15. The summed E-state index contributed by atoms with van der Waals surface area (Å²) in [5.74, 6) is -0.654. The molecule has 1 aliphatic rings. The highest BCUT2D eigenvalue weighted by Crippen LogP contribution is 2.44. The highest BCUT2D eigenvalue weighted by molar-refractivity contribution is 7.46. The van der Waals surface area contributed by atoms with E-state index in [-0.39, 0.29) is 12.3 Å². The number of benzene rings is 1. The highest BCUT2D eigenvalue weighted by Gasteiger charge is 2.51. The van der Waals surface area contributed by atoms with Gasteiger partial charge in [-0.15, -0.1) is 0 Å². The van der Waals surface area contributed by atoms with Crippen LogP contribution >= 0.6 is 7.82 Å². The van der Waals surface area contributed by atoms with E-state index >= 15 is 0 Å². The minimum absolute atomic E-state index is 0.0240. The van der Waals surface area contributed by atoms with Crippen molar-refractivity contribution in [2.24, 2.45) is 5.92 Å². The SMILES string of the molecule is CC(C)CC(=O)O[C@@H]1[C@@H](OP(=O)(O)O)[C@H](O)[C@@H](CO)O[C@H]1n1ccc2ccccc21. The molecule has 4 N–H and O–H groups in total. The lowest BCUT2D eigenvalue weighted by molar-refractivity contribution is -0.254. The average molecular weight is 443 g/mol. The maximum Gasteiger partial charge on any atom is 0.470 e. The highest BCUT2D eigenvalue weighted by atomic mass is 31.2. The van der Waals surface area contributed by atoms with Crippen LogP contribution in [0.4, 0.5) is 0 Å². The molecule has 11 heteroatoms. The zero-order chi connectivity index (χ0) is 22.1. The number of fused-ring (bicyclic) bond motifs is 1. The number of para-hydroxylation sites is 1. The molecule has 0 saturated carbocycles. The normalized spacial score (nSPS) is 27.5. The number of carbonyl (C=O) groups excluding carboxylic acids is 1. The standard InChI is InChI=1S/C19H26NO9P/c1-11(2)9-15(22)28-18-17(29-30(24,25)26)16(23)14(10-21)27-19(18)20-8-7-12-5-3-4-6-13(12)20/h3-8,11,14,16-19,21,23H,9-10H2,1-2H3,(H2,24,25,26)/t14-,16-,17+,18-,19-/m1/s1. The number of aromatic nitrogens is 1. The average Bonchev–Trinajstić information content (AvgIpc) is 3.07. The monoisotopic (exact) mass is 443 g/mol. The summed E-state index contributed by atoms with van der Waals surface area (Å²) < 4.78 is 29.3. The van der Waals surface area contributed by atoms with Gasteiger partial charge in [-0.3, -0.25) is 9.32 Å². The number of carbonyl (C=O) groups is 1. The van der Waals surface area contributed by atoms with Crippen LogP contribution in [0.3, 0.4) is 0 Å². The third-order valence-electron chi connectivity index (χ3n) is 4.82. The van der Waals surface area contributed by atoms with Crippen molar-refractivity contribution < 1.29 is 43.4 Å². The van der Waals surface area contributed by atoms with Crippen LogP contribution in [0.2, 0.25) is 0 Å². The fourth-order valence-electron chi connectivity index (χ4n) is 3.55. The van der Waals surface area contributed by atoms with Gasteiger partial charge in [0, 0.05) is 12.6 Å². The summed E-state index contributed by atoms with van der Waals surface area (Å²) in [5.41, 5.74) is 0.704. The van der Waals surface area contributed by atoms with E-state index in [0.717, 1.165) is 5.39 Å². The van der Waals surface area contributed by atoms with Gasteiger partial charge < -0.3 is 34.0 Å². The second-order valence-corrected chi connectivity index (χ2v) is 8.83. The number of aliphatic hydroxyl groups excluding tert-OH is 2. The molecule has 2 heterocycles. The second-order valence-electron chi connectivity index (χ2n) is 7.63. The number of hydrogen-bond acceptors (Lipinski definition) is 7. The lowest BCUT2D eigenvalue weighted by atomic mass is 9.97. The molecule has 5 atom stereocenters. The summed E-state index contributed by atoms with van der Waals surface area (Å²) in [6, 6.07) is 9.08. The first kappa shape index (κ1) is 22.9. The molecular formula is C19H26NO9P. The molecule has 1 aliphatic heterocycles. The topological polar surface area (TPSA) is 148 Å². The first-order valence-corrected chi connectivity index (χ1v) is 11.1. The van der Waals surface area contributed by atoms with Crippen LogP contribution in [0.5, 0.6) is 0 Å².